The lowest BCUT2D eigenvalue weighted by atomic mass is 10.2. The number of nitrogens with one attached hydrogen (secondary N) is 2. The van der Waals surface area contributed by atoms with Crippen molar-refractivity contribution in [3.8, 4) is 5.69 Å². The second-order valence-corrected chi connectivity index (χ2v) is 7.10. The predicted molar refractivity (Wildman–Crippen MR) is 97.4 cm³/mol. The molecular weight excluding hydrogens is 471 g/mol. The van der Waals surface area contributed by atoms with Gasteiger partial charge in [0, 0.05) is 14.1 Å². The number of alkyl halides is 6. The van der Waals surface area contributed by atoms with Gasteiger partial charge in [-0.05, 0) is 23.9 Å². The molecule has 0 aliphatic rings. The van der Waals surface area contributed by atoms with Gasteiger partial charge in [-0.25, -0.2) is 4.68 Å². The van der Waals surface area contributed by atoms with Crippen LogP contribution in [0.3, 0.4) is 0 Å². The Morgan fingerprint density at radius 2 is 1.72 bits per heavy atom. The molecule has 15 heteroatoms. The van der Waals surface area contributed by atoms with Crippen molar-refractivity contribution < 1.29 is 31.5 Å². The summed E-state index contributed by atoms with van der Waals surface area (Å²) >= 11 is 11.3. The maximum Gasteiger partial charge on any atom is 0.446 e. The molecule has 0 saturated heterocycles. The minimum atomic E-state index is -4.75. The zero-order chi connectivity index (χ0) is 22.1. The number of hydroxylamine groups is 1. The number of nitrogens with zero attached hydrogens (tertiary/aromatic N) is 3. The van der Waals surface area contributed by atoms with Crippen molar-refractivity contribution in [3.63, 3.8) is 0 Å². The number of halogens is 8. The van der Waals surface area contributed by atoms with Gasteiger partial charge in [-0.15, -0.1) is 0 Å². The second-order valence-electron chi connectivity index (χ2n) is 5.21. The van der Waals surface area contributed by atoms with Gasteiger partial charge in [0.1, 0.15) is 17.2 Å². The Morgan fingerprint density at radius 3 is 2.10 bits per heavy atom. The molecule has 0 atom stereocenters. The second kappa shape index (κ2) is 8.50. The summed E-state index contributed by atoms with van der Waals surface area (Å²) in [4.78, 5) is 3.08. The molecule has 29 heavy (non-hydrogen) atoms. The van der Waals surface area contributed by atoms with Crippen LogP contribution in [-0.2, 0) is 6.18 Å². The largest absolute Gasteiger partial charge is 0.446 e. The number of rotatable bonds is 4. The van der Waals surface area contributed by atoms with Crippen molar-refractivity contribution in [2.24, 2.45) is 4.99 Å². The van der Waals surface area contributed by atoms with Crippen LogP contribution in [0.2, 0.25) is 10.0 Å². The number of hydrogen-bond acceptors (Lipinski definition) is 5. The van der Waals surface area contributed by atoms with E-state index in [1.54, 1.807) is 5.48 Å². The number of hydrogen-bond donors (Lipinski definition) is 3. The van der Waals surface area contributed by atoms with Crippen molar-refractivity contribution in [2.45, 2.75) is 16.6 Å². The van der Waals surface area contributed by atoms with Gasteiger partial charge in [0.15, 0.2) is 5.84 Å². The Bertz CT molecular complexity index is 921. The molecule has 0 spiro atoms. The number of amidine groups is 1. The van der Waals surface area contributed by atoms with Crippen LogP contribution in [0.4, 0.5) is 32.2 Å². The fraction of sp³-hybridized carbons (Fsp3) is 0.286. The number of aliphatic imine (C=N–C) groups is 1. The van der Waals surface area contributed by atoms with Gasteiger partial charge in [-0.1, -0.05) is 23.2 Å². The first-order chi connectivity index (χ1) is 13.3. The third kappa shape index (κ3) is 5.02. The molecule has 1 heterocycles. The molecule has 0 unspecified atom stereocenters. The first kappa shape index (κ1) is 23.4. The van der Waals surface area contributed by atoms with Crippen LogP contribution in [0.25, 0.3) is 5.69 Å². The molecule has 6 nitrogen and oxygen atoms in total. The molecular formula is C14H11Cl2F6N5OS. The smallest absolute Gasteiger partial charge is 0.372 e. The van der Waals surface area contributed by atoms with Crippen LogP contribution in [0.15, 0.2) is 22.0 Å². The quantitative estimate of drug-likeness (QED) is 0.184. The van der Waals surface area contributed by atoms with Gasteiger partial charge in [0.2, 0.25) is 0 Å². The zero-order valence-corrected chi connectivity index (χ0v) is 16.7. The van der Waals surface area contributed by atoms with Gasteiger partial charge >= 0.3 is 11.7 Å². The fourth-order valence-electron chi connectivity index (χ4n) is 2.29. The SMILES string of the molecule is CN=C(NO)c1nn(-c2c(Cl)cc(C(F)(F)F)cc2Cl)c(NC)c1SC(F)(F)F. The summed E-state index contributed by atoms with van der Waals surface area (Å²) in [7, 11) is 2.44. The maximum atomic E-state index is 13.1. The molecule has 160 valence electrons. The van der Waals surface area contributed by atoms with Gasteiger partial charge in [0.05, 0.1) is 20.5 Å². The molecule has 0 bridgehead atoms. The lowest BCUT2D eigenvalue weighted by molar-refractivity contribution is -0.137. The van der Waals surface area contributed by atoms with E-state index in [0.29, 0.717) is 12.1 Å². The highest BCUT2D eigenvalue weighted by Gasteiger charge is 2.37. The Kier molecular flexibility index (Phi) is 6.87. The van der Waals surface area contributed by atoms with Crippen molar-refractivity contribution in [1.29, 1.82) is 0 Å². The number of benzene rings is 1. The van der Waals surface area contributed by atoms with Crippen LogP contribution >= 0.6 is 35.0 Å². The van der Waals surface area contributed by atoms with E-state index in [1.807, 2.05) is 0 Å². The van der Waals surface area contributed by atoms with Crippen molar-refractivity contribution in [2.75, 3.05) is 19.4 Å². The third-order valence-electron chi connectivity index (χ3n) is 3.41. The number of aromatic nitrogens is 2. The molecule has 1 aromatic heterocycles. The van der Waals surface area contributed by atoms with Gasteiger partial charge in [-0.2, -0.15) is 31.4 Å². The van der Waals surface area contributed by atoms with Crippen LogP contribution in [0.1, 0.15) is 11.3 Å². The van der Waals surface area contributed by atoms with Gasteiger partial charge < -0.3 is 5.32 Å². The van der Waals surface area contributed by atoms with E-state index in [9.17, 15) is 26.3 Å². The average molecular weight is 482 g/mol. The molecule has 2 aromatic rings. The van der Waals surface area contributed by atoms with E-state index in [1.165, 1.54) is 14.1 Å². The third-order valence-corrected chi connectivity index (χ3v) is 4.80. The number of thioether (sulfide) groups is 1. The topological polar surface area (TPSA) is 74.5 Å². The molecule has 3 N–H and O–H groups in total. The van der Waals surface area contributed by atoms with Crippen molar-refractivity contribution in [3.05, 3.63) is 33.4 Å². The van der Waals surface area contributed by atoms with E-state index in [0.717, 1.165) is 4.68 Å². The summed E-state index contributed by atoms with van der Waals surface area (Å²) in [6.07, 6.45) is -4.74. The normalized spacial score (nSPS) is 13.0. The van der Waals surface area contributed by atoms with Crippen molar-refractivity contribution in [1.82, 2.24) is 15.3 Å². The Balaban J connectivity index is 2.82. The van der Waals surface area contributed by atoms with Gasteiger partial charge in [-0.3, -0.25) is 15.7 Å². The summed E-state index contributed by atoms with van der Waals surface area (Å²) in [5.74, 6) is -0.714. The minimum absolute atomic E-state index is 0.290. The molecule has 0 amide bonds. The maximum absolute atomic E-state index is 13.1. The molecule has 0 aliphatic heterocycles. The van der Waals surface area contributed by atoms with Gasteiger partial charge in [0.25, 0.3) is 0 Å². The lowest BCUT2D eigenvalue weighted by Crippen LogP contribution is -2.22. The van der Waals surface area contributed by atoms with Crippen LogP contribution in [-0.4, -0.2) is 40.4 Å². The van der Waals surface area contributed by atoms with E-state index >= 15 is 0 Å². The van der Waals surface area contributed by atoms with Crippen LogP contribution in [0, 0.1) is 0 Å². The van der Waals surface area contributed by atoms with Crippen molar-refractivity contribution >= 4 is 46.6 Å². The molecule has 0 radical (unpaired) electrons. The summed E-state index contributed by atoms with van der Waals surface area (Å²) in [5, 5.41) is 14.6. The predicted octanol–water partition coefficient (Wildman–Crippen LogP) is 5.21. The van der Waals surface area contributed by atoms with E-state index in [-0.39, 0.29) is 11.5 Å². The molecule has 0 aliphatic carbocycles. The Morgan fingerprint density at radius 1 is 1.17 bits per heavy atom. The molecule has 0 fully saturated rings. The van der Waals surface area contributed by atoms with E-state index < -0.39 is 55.5 Å². The zero-order valence-electron chi connectivity index (χ0n) is 14.4. The molecule has 1 aromatic carbocycles. The Labute approximate surface area is 173 Å². The number of anilines is 1. The van der Waals surface area contributed by atoms with Crippen LogP contribution < -0.4 is 10.8 Å². The first-order valence-electron chi connectivity index (χ1n) is 7.34. The highest BCUT2D eigenvalue weighted by Crippen LogP contribution is 2.45. The fourth-order valence-corrected chi connectivity index (χ4v) is 3.69. The minimum Gasteiger partial charge on any atom is -0.372 e. The summed E-state index contributed by atoms with van der Waals surface area (Å²) in [6.45, 7) is 0. The monoisotopic (exact) mass is 481 g/mol. The summed E-state index contributed by atoms with van der Waals surface area (Å²) in [5.41, 5.74) is -5.01. The molecule has 2 rings (SSSR count). The Hall–Kier alpha value is -1.83. The summed E-state index contributed by atoms with van der Waals surface area (Å²) in [6, 6.07) is 1.14. The van der Waals surface area contributed by atoms with E-state index in [4.69, 9.17) is 28.4 Å². The lowest BCUT2D eigenvalue weighted by Gasteiger charge is -2.15. The average Bonchev–Trinajstić information content (AvgIpc) is 2.91. The first-order valence-corrected chi connectivity index (χ1v) is 8.91. The molecule has 0 saturated carbocycles. The highest BCUT2D eigenvalue weighted by molar-refractivity contribution is 8.00. The van der Waals surface area contributed by atoms with E-state index in [2.05, 4.69) is 15.4 Å². The highest BCUT2D eigenvalue weighted by atomic mass is 35.5. The standard InChI is InChI=1S/C14H11Cl2F6N5OS/c1-23-11(26-28)8-10(29-14(20,21)22)12(24-2)27(25-8)9-6(15)3-5(4-7(9)16)13(17,18)19/h3-4,24,28H,1-2H3,(H,23,26). The summed E-state index contributed by atoms with van der Waals surface area (Å²) < 4.78 is 78.8. The van der Waals surface area contributed by atoms with Crippen LogP contribution in [0.5, 0.6) is 0 Å².